The highest BCUT2D eigenvalue weighted by Crippen LogP contribution is 2.23. The normalized spacial score (nSPS) is 22.4. The maximum atomic E-state index is 11.1. The number of anilines is 1. The van der Waals surface area contributed by atoms with E-state index in [1.54, 1.807) is 24.1 Å². The molecule has 2 unspecified atom stereocenters. The molecular weight excluding hydrogens is 234 g/mol. The molecule has 6 nitrogen and oxygen atoms in total. The highest BCUT2D eigenvalue weighted by molar-refractivity contribution is 5.72. The van der Waals surface area contributed by atoms with Crippen LogP contribution in [-0.4, -0.2) is 42.4 Å². The number of aromatic nitrogens is 1. The zero-order valence-electron chi connectivity index (χ0n) is 9.91. The van der Waals surface area contributed by atoms with Crippen LogP contribution in [0, 0.1) is 17.2 Å². The number of nitriles is 1. The van der Waals surface area contributed by atoms with Gasteiger partial charge < -0.3 is 14.7 Å². The maximum absolute atomic E-state index is 11.1. The number of hydrogen-bond donors (Lipinski definition) is 1. The summed E-state index contributed by atoms with van der Waals surface area (Å²) in [4.78, 5) is 17.0. The first-order chi connectivity index (χ1) is 8.63. The van der Waals surface area contributed by atoms with E-state index in [2.05, 4.69) is 4.98 Å². The van der Waals surface area contributed by atoms with E-state index in [9.17, 15) is 4.79 Å². The number of pyridine rings is 1. The molecule has 0 aromatic carbocycles. The largest absolute Gasteiger partial charge is 0.481 e. The van der Waals surface area contributed by atoms with Gasteiger partial charge in [-0.3, -0.25) is 4.79 Å². The van der Waals surface area contributed by atoms with Gasteiger partial charge in [0.2, 0.25) is 0 Å². The fourth-order valence-electron chi connectivity index (χ4n) is 2.01. The van der Waals surface area contributed by atoms with Crippen molar-refractivity contribution < 1.29 is 14.6 Å². The molecule has 1 N–H and O–H groups in total. The second-order valence-electron chi connectivity index (χ2n) is 4.17. The van der Waals surface area contributed by atoms with Crippen molar-refractivity contribution >= 4 is 11.8 Å². The van der Waals surface area contributed by atoms with Gasteiger partial charge in [0.1, 0.15) is 11.7 Å². The Labute approximate surface area is 104 Å². The molecule has 94 valence electrons. The molecular formula is C12H13N3O3. The van der Waals surface area contributed by atoms with Gasteiger partial charge in [-0.2, -0.15) is 5.26 Å². The number of carboxylic acids is 1. The van der Waals surface area contributed by atoms with Gasteiger partial charge in [-0.1, -0.05) is 0 Å². The first kappa shape index (κ1) is 12.3. The van der Waals surface area contributed by atoms with Crippen LogP contribution in [0.4, 0.5) is 5.82 Å². The van der Waals surface area contributed by atoms with Crippen molar-refractivity contribution in [3.63, 3.8) is 0 Å². The Bertz CT molecular complexity index is 498. The predicted octanol–water partition coefficient (Wildman–Crippen LogP) is 0.489. The Morgan fingerprint density at radius 2 is 2.44 bits per heavy atom. The number of carboxylic acid groups (broad SMARTS) is 1. The Morgan fingerprint density at radius 3 is 3.11 bits per heavy atom. The van der Waals surface area contributed by atoms with Gasteiger partial charge in [-0.25, -0.2) is 4.98 Å². The van der Waals surface area contributed by atoms with Crippen molar-refractivity contribution in [3.8, 4) is 6.07 Å². The quantitative estimate of drug-likeness (QED) is 0.836. The Balaban J connectivity index is 2.22. The fourth-order valence-corrected chi connectivity index (χ4v) is 2.01. The summed E-state index contributed by atoms with van der Waals surface area (Å²) in [5.74, 6) is -0.862. The fraction of sp³-hybridized carbons (Fsp3) is 0.417. The summed E-state index contributed by atoms with van der Waals surface area (Å²) in [5.41, 5.74) is 0.498. The zero-order valence-corrected chi connectivity index (χ0v) is 9.91. The lowest BCUT2D eigenvalue weighted by molar-refractivity contribution is -0.141. The molecule has 2 heterocycles. The number of likely N-dealkylation sites (N-methyl/N-ethyl adjacent to an activating group) is 1. The molecule has 0 saturated carbocycles. The Hall–Kier alpha value is -2.13. The molecule has 0 amide bonds. The third-order valence-corrected chi connectivity index (χ3v) is 3.10. The van der Waals surface area contributed by atoms with E-state index in [4.69, 9.17) is 15.1 Å². The maximum Gasteiger partial charge on any atom is 0.311 e. The minimum Gasteiger partial charge on any atom is -0.481 e. The number of ether oxygens (including phenoxy) is 1. The predicted molar refractivity (Wildman–Crippen MR) is 63.1 cm³/mol. The molecule has 1 aliphatic heterocycles. The van der Waals surface area contributed by atoms with Gasteiger partial charge in [0.15, 0.2) is 0 Å². The van der Waals surface area contributed by atoms with E-state index in [1.807, 2.05) is 6.07 Å². The summed E-state index contributed by atoms with van der Waals surface area (Å²) >= 11 is 0. The standard InChI is InChI=1S/C12H13N3O3/c1-15(10-7-18-6-9(10)12(16)17)11-4-8(5-13)2-3-14-11/h2-4,9-10H,6-7H2,1H3,(H,16,17). The topological polar surface area (TPSA) is 86.5 Å². The molecule has 0 radical (unpaired) electrons. The Morgan fingerprint density at radius 1 is 1.67 bits per heavy atom. The average Bonchev–Trinajstić information content (AvgIpc) is 2.87. The van der Waals surface area contributed by atoms with Gasteiger partial charge in [0.25, 0.3) is 0 Å². The molecule has 0 bridgehead atoms. The van der Waals surface area contributed by atoms with Gasteiger partial charge in [-0.05, 0) is 12.1 Å². The lowest BCUT2D eigenvalue weighted by atomic mass is 10.0. The van der Waals surface area contributed by atoms with Crippen molar-refractivity contribution in [2.45, 2.75) is 6.04 Å². The molecule has 0 spiro atoms. The number of rotatable bonds is 3. The van der Waals surface area contributed by atoms with Crippen molar-refractivity contribution in [1.82, 2.24) is 4.98 Å². The monoisotopic (exact) mass is 247 g/mol. The van der Waals surface area contributed by atoms with E-state index < -0.39 is 11.9 Å². The number of nitrogens with zero attached hydrogens (tertiary/aromatic N) is 3. The molecule has 18 heavy (non-hydrogen) atoms. The van der Waals surface area contributed by atoms with Crippen LogP contribution in [0.2, 0.25) is 0 Å². The summed E-state index contributed by atoms with van der Waals surface area (Å²) in [6.07, 6.45) is 1.54. The molecule has 1 aromatic rings. The lowest BCUT2D eigenvalue weighted by Gasteiger charge is -2.27. The van der Waals surface area contributed by atoms with E-state index in [1.165, 1.54) is 6.20 Å². The third-order valence-electron chi connectivity index (χ3n) is 3.10. The highest BCUT2D eigenvalue weighted by Gasteiger charge is 2.37. The second-order valence-corrected chi connectivity index (χ2v) is 4.17. The number of hydrogen-bond acceptors (Lipinski definition) is 5. The van der Waals surface area contributed by atoms with Gasteiger partial charge in [-0.15, -0.1) is 0 Å². The molecule has 2 rings (SSSR count). The van der Waals surface area contributed by atoms with Crippen molar-refractivity contribution in [3.05, 3.63) is 23.9 Å². The summed E-state index contributed by atoms with van der Waals surface area (Å²) in [7, 11) is 1.76. The molecule has 0 aliphatic carbocycles. The first-order valence-electron chi connectivity index (χ1n) is 5.53. The average molecular weight is 247 g/mol. The SMILES string of the molecule is CN(c1cc(C#N)ccn1)C1COCC1C(=O)O. The van der Waals surface area contributed by atoms with Crippen LogP contribution in [0.15, 0.2) is 18.3 Å². The third kappa shape index (κ3) is 2.26. The van der Waals surface area contributed by atoms with Gasteiger partial charge >= 0.3 is 5.97 Å². The molecule has 2 atom stereocenters. The zero-order chi connectivity index (χ0) is 13.1. The van der Waals surface area contributed by atoms with Gasteiger partial charge in [0, 0.05) is 13.2 Å². The Kier molecular flexibility index (Phi) is 3.44. The summed E-state index contributed by atoms with van der Waals surface area (Å²) in [6, 6.07) is 5.02. The summed E-state index contributed by atoms with van der Waals surface area (Å²) < 4.78 is 5.21. The molecule has 1 saturated heterocycles. The number of aliphatic carboxylic acids is 1. The molecule has 1 aliphatic rings. The van der Waals surface area contributed by atoms with Crippen molar-refractivity contribution in [1.29, 1.82) is 5.26 Å². The first-order valence-corrected chi connectivity index (χ1v) is 5.53. The molecule has 6 heteroatoms. The minimum absolute atomic E-state index is 0.211. The lowest BCUT2D eigenvalue weighted by Crippen LogP contribution is -2.41. The summed E-state index contributed by atoms with van der Waals surface area (Å²) in [6.45, 7) is 0.564. The van der Waals surface area contributed by atoms with Crippen LogP contribution in [0.3, 0.4) is 0 Å². The second kappa shape index (κ2) is 5.02. The van der Waals surface area contributed by atoms with Gasteiger partial charge in [0.05, 0.1) is 30.9 Å². The van der Waals surface area contributed by atoms with E-state index >= 15 is 0 Å². The van der Waals surface area contributed by atoms with Crippen LogP contribution >= 0.6 is 0 Å². The minimum atomic E-state index is -0.874. The van der Waals surface area contributed by atoms with Crippen molar-refractivity contribution in [2.75, 3.05) is 25.2 Å². The molecule has 1 aromatic heterocycles. The van der Waals surface area contributed by atoms with E-state index in [-0.39, 0.29) is 12.6 Å². The van der Waals surface area contributed by atoms with Crippen LogP contribution in [0.1, 0.15) is 5.56 Å². The van der Waals surface area contributed by atoms with E-state index in [0.717, 1.165) is 0 Å². The van der Waals surface area contributed by atoms with Crippen molar-refractivity contribution in [2.24, 2.45) is 5.92 Å². The van der Waals surface area contributed by atoms with Crippen LogP contribution in [0.25, 0.3) is 0 Å². The summed E-state index contributed by atoms with van der Waals surface area (Å²) in [5, 5.41) is 17.9. The van der Waals surface area contributed by atoms with E-state index in [0.29, 0.717) is 18.0 Å². The van der Waals surface area contributed by atoms with Crippen LogP contribution in [-0.2, 0) is 9.53 Å². The van der Waals surface area contributed by atoms with Crippen LogP contribution < -0.4 is 4.90 Å². The highest BCUT2D eigenvalue weighted by atomic mass is 16.5. The number of carbonyl (C=O) groups is 1. The smallest absolute Gasteiger partial charge is 0.311 e. The van der Waals surface area contributed by atoms with Crippen LogP contribution in [0.5, 0.6) is 0 Å². The molecule has 1 fully saturated rings.